The number of hydrogen-bond acceptors (Lipinski definition) is 5. The van der Waals surface area contributed by atoms with Crippen molar-refractivity contribution in [2.24, 2.45) is 0 Å². The average Bonchev–Trinajstić information content (AvgIpc) is 3.11. The first-order valence-corrected chi connectivity index (χ1v) is 11.3. The van der Waals surface area contributed by atoms with Crippen LogP contribution in [0.5, 0.6) is 0 Å². The smallest absolute Gasteiger partial charge is 0.224 e. The minimum absolute atomic E-state index is 0.208. The Bertz CT molecular complexity index is 979. The van der Waals surface area contributed by atoms with Gasteiger partial charge in [0.1, 0.15) is 17.0 Å². The molecule has 2 heterocycles. The van der Waals surface area contributed by atoms with Crippen LogP contribution in [0.2, 0.25) is 0 Å². The number of fused-ring (bicyclic) bond motifs is 1. The summed E-state index contributed by atoms with van der Waals surface area (Å²) >= 11 is 1.68. The highest BCUT2D eigenvalue weighted by atomic mass is 32.1. The lowest BCUT2D eigenvalue weighted by Crippen LogP contribution is -2.38. The van der Waals surface area contributed by atoms with Crippen LogP contribution in [-0.2, 0) is 4.79 Å². The van der Waals surface area contributed by atoms with Crippen LogP contribution in [0.4, 0.5) is 5.82 Å². The van der Waals surface area contributed by atoms with Crippen molar-refractivity contribution < 1.29 is 4.79 Å². The van der Waals surface area contributed by atoms with Crippen LogP contribution < -0.4 is 5.32 Å². The van der Waals surface area contributed by atoms with Gasteiger partial charge >= 0.3 is 0 Å². The van der Waals surface area contributed by atoms with E-state index in [1.165, 1.54) is 35.3 Å². The lowest BCUT2D eigenvalue weighted by molar-refractivity contribution is -0.132. The second-order valence-electron chi connectivity index (χ2n) is 7.77. The standard InChI is InChI=1S/C23H28N4OS/c1-16-20(17-9-5-3-6-10-17)21-22(25-15-26-23(21)29-16)24-14-13-19(28)27(2)18-11-7-4-8-12-18/h3,5-6,9-10,15,18H,4,7-8,11-14H2,1-2H3,(H,24,25,26). The summed E-state index contributed by atoms with van der Waals surface area (Å²) in [5.41, 5.74) is 2.35. The van der Waals surface area contributed by atoms with E-state index in [0.717, 1.165) is 28.9 Å². The zero-order valence-electron chi connectivity index (χ0n) is 17.1. The Kier molecular flexibility index (Phi) is 6.09. The van der Waals surface area contributed by atoms with E-state index in [1.807, 2.05) is 18.0 Å². The number of carbonyl (C=O) groups excluding carboxylic acids is 1. The molecule has 1 fully saturated rings. The molecule has 3 aromatic rings. The fraction of sp³-hybridized carbons (Fsp3) is 0.435. The topological polar surface area (TPSA) is 58.1 Å². The van der Waals surface area contributed by atoms with Crippen molar-refractivity contribution in [2.75, 3.05) is 18.9 Å². The van der Waals surface area contributed by atoms with E-state index >= 15 is 0 Å². The molecule has 0 bridgehead atoms. The number of benzene rings is 1. The van der Waals surface area contributed by atoms with E-state index in [2.05, 4.69) is 46.5 Å². The third-order valence-electron chi connectivity index (χ3n) is 5.87. The Morgan fingerprint density at radius 2 is 1.93 bits per heavy atom. The maximum Gasteiger partial charge on any atom is 0.224 e. The second-order valence-corrected chi connectivity index (χ2v) is 8.98. The molecule has 0 saturated heterocycles. The Hall–Kier alpha value is -2.47. The first-order valence-electron chi connectivity index (χ1n) is 10.4. The minimum atomic E-state index is 0.208. The van der Waals surface area contributed by atoms with Crippen LogP contribution in [0.15, 0.2) is 36.7 Å². The van der Waals surface area contributed by atoms with Crippen molar-refractivity contribution in [2.45, 2.75) is 51.5 Å². The molecule has 0 unspecified atom stereocenters. The Balaban J connectivity index is 1.49. The third kappa shape index (κ3) is 4.27. The van der Waals surface area contributed by atoms with Gasteiger partial charge in [-0.2, -0.15) is 0 Å². The van der Waals surface area contributed by atoms with Crippen molar-refractivity contribution in [3.05, 3.63) is 41.5 Å². The Morgan fingerprint density at radius 1 is 1.17 bits per heavy atom. The molecule has 1 aromatic carbocycles. The molecule has 2 aromatic heterocycles. The molecule has 1 aliphatic rings. The summed E-state index contributed by atoms with van der Waals surface area (Å²) in [5, 5.41) is 4.46. The third-order valence-corrected chi connectivity index (χ3v) is 6.89. The van der Waals surface area contributed by atoms with Crippen molar-refractivity contribution in [3.8, 4) is 11.1 Å². The normalized spacial score (nSPS) is 14.8. The molecule has 1 amide bonds. The number of carbonyl (C=O) groups is 1. The highest BCUT2D eigenvalue weighted by molar-refractivity contribution is 7.19. The summed E-state index contributed by atoms with van der Waals surface area (Å²) in [5.74, 6) is 1.02. The summed E-state index contributed by atoms with van der Waals surface area (Å²) in [6.45, 7) is 2.70. The van der Waals surface area contributed by atoms with E-state index in [-0.39, 0.29) is 5.91 Å². The predicted molar refractivity (Wildman–Crippen MR) is 120 cm³/mol. The lowest BCUT2D eigenvalue weighted by Gasteiger charge is -2.31. The fourth-order valence-electron chi connectivity index (χ4n) is 4.27. The summed E-state index contributed by atoms with van der Waals surface area (Å²) in [6, 6.07) is 10.8. The van der Waals surface area contributed by atoms with E-state index in [1.54, 1.807) is 17.7 Å². The maximum absolute atomic E-state index is 12.6. The zero-order valence-corrected chi connectivity index (χ0v) is 18.0. The van der Waals surface area contributed by atoms with Crippen LogP contribution in [0.1, 0.15) is 43.4 Å². The zero-order chi connectivity index (χ0) is 20.2. The Morgan fingerprint density at radius 3 is 2.69 bits per heavy atom. The number of amides is 1. The molecule has 4 rings (SSSR count). The molecule has 6 heteroatoms. The van der Waals surface area contributed by atoms with E-state index in [9.17, 15) is 4.79 Å². The Labute approximate surface area is 176 Å². The molecule has 29 heavy (non-hydrogen) atoms. The van der Waals surface area contributed by atoms with Gasteiger partial charge < -0.3 is 10.2 Å². The predicted octanol–water partition coefficient (Wildman–Crippen LogP) is 5.26. The number of nitrogens with one attached hydrogen (secondary N) is 1. The highest BCUT2D eigenvalue weighted by Gasteiger charge is 2.22. The quantitative estimate of drug-likeness (QED) is 0.604. The van der Waals surface area contributed by atoms with E-state index < -0.39 is 0 Å². The van der Waals surface area contributed by atoms with Gasteiger partial charge in [0.25, 0.3) is 0 Å². The molecule has 5 nitrogen and oxygen atoms in total. The molecule has 0 aliphatic heterocycles. The molecular weight excluding hydrogens is 380 g/mol. The largest absolute Gasteiger partial charge is 0.369 e. The molecule has 0 atom stereocenters. The van der Waals surface area contributed by atoms with Gasteiger partial charge in [-0.1, -0.05) is 49.6 Å². The van der Waals surface area contributed by atoms with Gasteiger partial charge in [0.2, 0.25) is 5.91 Å². The van der Waals surface area contributed by atoms with Gasteiger partial charge in [-0.3, -0.25) is 4.79 Å². The van der Waals surface area contributed by atoms with Gasteiger partial charge in [-0.25, -0.2) is 9.97 Å². The average molecular weight is 409 g/mol. The van der Waals surface area contributed by atoms with Gasteiger partial charge in [-0.05, 0) is 25.3 Å². The number of aromatic nitrogens is 2. The molecule has 1 saturated carbocycles. The molecule has 1 N–H and O–H groups in total. The molecular formula is C23H28N4OS. The minimum Gasteiger partial charge on any atom is -0.369 e. The van der Waals surface area contributed by atoms with Crippen molar-refractivity contribution in [1.82, 2.24) is 14.9 Å². The lowest BCUT2D eigenvalue weighted by atomic mass is 9.94. The van der Waals surface area contributed by atoms with Crippen molar-refractivity contribution in [1.29, 1.82) is 0 Å². The van der Waals surface area contributed by atoms with Gasteiger partial charge in [0.15, 0.2) is 0 Å². The fourth-order valence-corrected chi connectivity index (χ4v) is 5.28. The van der Waals surface area contributed by atoms with E-state index in [4.69, 9.17) is 0 Å². The summed E-state index contributed by atoms with van der Waals surface area (Å²) in [4.78, 5) is 25.8. The van der Waals surface area contributed by atoms with Gasteiger partial charge in [0, 0.05) is 36.5 Å². The molecule has 0 spiro atoms. The summed E-state index contributed by atoms with van der Waals surface area (Å²) in [7, 11) is 1.96. The number of rotatable bonds is 6. The maximum atomic E-state index is 12.6. The van der Waals surface area contributed by atoms with Crippen molar-refractivity contribution in [3.63, 3.8) is 0 Å². The molecule has 152 valence electrons. The summed E-state index contributed by atoms with van der Waals surface area (Å²) in [6.07, 6.45) is 8.12. The SMILES string of the molecule is Cc1sc2ncnc(NCCC(=O)N(C)C3CCCCC3)c2c1-c1ccccc1. The number of nitrogens with zero attached hydrogens (tertiary/aromatic N) is 3. The van der Waals surface area contributed by atoms with Gasteiger partial charge in [-0.15, -0.1) is 11.3 Å². The molecule has 1 aliphatic carbocycles. The van der Waals surface area contributed by atoms with Crippen molar-refractivity contribution >= 4 is 33.3 Å². The van der Waals surface area contributed by atoms with Crippen LogP contribution >= 0.6 is 11.3 Å². The first-order chi connectivity index (χ1) is 14.1. The number of aryl methyl sites for hydroxylation is 1. The van der Waals surface area contributed by atoms with E-state index in [0.29, 0.717) is 19.0 Å². The number of anilines is 1. The number of thiophene rings is 1. The monoisotopic (exact) mass is 408 g/mol. The van der Waals surface area contributed by atoms with Crippen LogP contribution in [0, 0.1) is 6.92 Å². The van der Waals surface area contributed by atoms with Gasteiger partial charge in [0.05, 0.1) is 5.39 Å². The van der Waals surface area contributed by atoms with Crippen LogP contribution in [-0.4, -0.2) is 40.4 Å². The van der Waals surface area contributed by atoms with Crippen LogP contribution in [0.25, 0.3) is 21.3 Å². The number of hydrogen-bond donors (Lipinski definition) is 1. The van der Waals surface area contributed by atoms with Crippen LogP contribution in [0.3, 0.4) is 0 Å². The second kappa shape index (κ2) is 8.91. The molecule has 0 radical (unpaired) electrons. The summed E-state index contributed by atoms with van der Waals surface area (Å²) < 4.78 is 0. The first kappa shape index (κ1) is 19.8. The highest BCUT2D eigenvalue weighted by Crippen LogP contribution is 2.40.